The first-order valence-electron chi connectivity index (χ1n) is 7.64. The van der Waals surface area contributed by atoms with Gasteiger partial charge in [0.2, 0.25) is 0 Å². The average Bonchev–Trinajstić information content (AvgIpc) is 2.47. The van der Waals surface area contributed by atoms with Crippen LogP contribution in [-0.2, 0) is 0 Å². The van der Waals surface area contributed by atoms with Gasteiger partial charge in [-0.2, -0.15) is 0 Å². The molecule has 0 spiro atoms. The summed E-state index contributed by atoms with van der Waals surface area (Å²) in [6.07, 6.45) is 6.13. The van der Waals surface area contributed by atoms with Crippen LogP contribution in [0.2, 0.25) is 0 Å². The van der Waals surface area contributed by atoms with Crippen LogP contribution in [0, 0.1) is 24.6 Å². The predicted octanol–water partition coefficient (Wildman–Crippen LogP) is 4.08. The largest absolute Gasteiger partial charge is 0.352 e. The van der Waals surface area contributed by atoms with Gasteiger partial charge in [0.05, 0.1) is 5.56 Å². The molecule has 1 aliphatic carbocycles. The number of benzene rings is 1. The van der Waals surface area contributed by atoms with Gasteiger partial charge < -0.3 is 5.32 Å². The average molecular weight is 277 g/mol. The van der Waals surface area contributed by atoms with E-state index in [1.54, 1.807) is 12.1 Å². The van der Waals surface area contributed by atoms with E-state index < -0.39 is 5.82 Å². The summed E-state index contributed by atoms with van der Waals surface area (Å²) in [7, 11) is 0. The third-order valence-corrected chi connectivity index (χ3v) is 4.46. The van der Waals surface area contributed by atoms with Gasteiger partial charge in [0.25, 0.3) is 5.91 Å². The van der Waals surface area contributed by atoms with Gasteiger partial charge in [0.15, 0.2) is 0 Å². The zero-order valence-electron chi connectivity index (χ0n) is 12.4. The number of carbonyl (C=O) groups is 1. The fourth-order valence-electron chi connectivity index (χ4n) is 2.99. The molecule has 0 saturated heterocycles. The molecule has 0 radical (unpaired) electrons. The summed E-state index contributed by atoms with van der Waals surface area (Å²) in [6, 6.07) is 4.65. The Labute approximate surface area is 120 Å². The zero-order chi connectivity index (χ0) is 14.5. The minimum atomic E-state index is -0.442. The molecule has 0 atom stereocenters. The molecule has 2 nitrogen and oxygen atoms in total. The topological polar surface area (TPSA) is 29.1 Å². The Bertz CT molecular complexity index is 464. The number of nitrogens with one attached hydrogen (secondary N) is 1. The summed E-state index contributed by atoms with van der Waals surface area (Å²) in [5.41, 5.74) is 1.06. The van der Waals surface area contributed by atoms with E-state index in [-0.39, 0.29) is 11.5 Å². The lowest BCUT2D eigenvalue weighted by molar-refractivity contribution is 0.0937. The van der Waals surface area contributed by atoms with E-state index in [1.165, 1.54) is 38.2 Å². The molecule has 1 N–H and O–H groups in total. The smallest absolute Gasteiger partial charge is 0.254 e. The summed E-state index contributed by atoms with van der Waals surface area (Å²) >= 11 is 0. The zero-order valence-corrected chi connectivity index (χ0v) is 12.4. The molecule has 1 aliphatic rings. The second-order valence-electron chi connectivity index (χ2n) is 5.99. The van der Waals surface area contributed by atoms with Gasteiger partial charge in [-0.3, -0.25) is 4.79 Å². The lowest BCUT2D eigenvalue weighted by Gasteiger charge is -2.27. The Hall–Kier alpha value is -1.38. The molecule has 20 heavy (non-hydrogen) atoms. The fourth-order valence-corrected chi connectivity index (χ4v) is 2.99. The van der Waals surface area contributed by atoms with E-state index in [4.69, 9.17) is 0 Å². The summed E-state index contributed by atoms with van der Waals surface area (Å²) in [6.45, 7) is 4.78. The van der Waals surface area contributed by atoms with E-state index >= 15 is 0 Å². The molecule has 110 valence electrons. The first kappa shape index (κ1) is 15.0. The normalized spacial score (nSPS) is 22.6. The van der Waals surface area contributed by atoms with Crippen LogP contribution in [0.3, 0.4) is 0 Å². The second-order valence-corrected chi connectivity index (χ2v) is 5.99. The maximum atomic E-state index is 13.6. The van der Waals surface area contributed by atoms with Crippen molar-refractivity contribution in [1.29, 1.82) is 0 Å². The molecule has 0 heterocycles. The highest BCUT2D eigenvalue weighted by atomic mass is 19.1. The monoisotopic (exact) mass is 277 g/mol. The molecule has 0 unspecified atom stereocenters. The third kappa shape index (κ3) is 3.81. The Balaban J connectivity index is 1.85. The molecule has 0 aliphatic heterocycles. The van der Waals surface area contributed by atoms with Crippen LogP contribution in [0.4, 0.5) is 4.39 Å². The van der Waals surface area contributed by atoms with Gasteiger partial charge in [-0.05, 0) is 43.7 Å². The number of hydrogen-bond acceptors (Lipinski definition) is 1. The van der Waals surface area contributed by atoms with E-state index in [1.807, 2.05) is 6.92 Å². The first-order chi connectivity index (χ1) is 9.60. The summed E-state index contributed by atoms with van der Waals surface area (Å²) in [4.78, 5) is 12.0. The van der Waals surface area contributed by atoms with Crippen LogP contribution >= 0.6 is 0 Å². The molecule has 0 bridgehead atoms. The maximum Gasteiger partial charge on any atom is 0.254 e. The van der Waals surface area contributed by atoms with Gasteiger partial charge in [0.1, 0.15) is 5.82 Å². The van der Waals surface area contributed by atoms with Crippen LogP contribution < -0.4 is 5.32 Å². The van der Waals surface area contributed by atoms with Crippen LogP contribution in [0.15, 0.2) is 18.2 Å². The summed E-state index contributed by atoms with van der Waals surface area (Å²) in [5.74, 6) is 0.678. The van der Waals surface area contributed by atoms with Crippen LogP contribution in [-0.4, -0.2) is 12.5 Å². The Morgan fingerprint density at radius 3 is 2.55 bits per heavy atom. The van der Waals surface area contributed by atoms with Crippen molar-refractivity contribution < 1.29 is 9.18 Å². The first-order valence-corrected chi connectivity index (χ1v) is 7.64. The molecule has 1 aromatic carbocycles. The minimum Gasteiger partial charge on any atom is -0.352 e. The van der Waals surface area contributed by atoms with Crippen LogP contribution in [0.5, 0.6) is 0 Å². The van der Waals surface area contributed by atoms with Crippen molar-refractivity contribution in [2.45, 2.75) is 46.0 Å². The number of aryl methyl sites for hydroxylation is 1. The van der Waals surface area contributed by atoms with Gasteiger partial charge in [-0.25, -0.2) is 4.39 Å². The molecule has 1 amide bonds. The molecule has 1 saturated carbocycles. The number of carbonyl (C=O) groups excluding carboxylic acids is 1. The lowest BCUT2D eigenvalue weighted by atomic mass is 9.81. The quantitative estimate of drug-likeness (QED) is 0.882. The summed E-state index contributed by atoms with van der Waals surface area (Å²) in [5, 5.41) is 2.89. The van der Waals surface area contributed by atoms with Crippen molar-refractivity contribution >= 4 is 5.91 Å². The van der Waals surface area contributed by atoms with Gasteiger partial charge in [-0.1, -0.05) is 37.8 Å². The van der Waals surface area contributed by atoms with Crippen molar-refractivity contribution in [2.24, 2.45) is 11.8 Å². The van der Waals surface area contributed by atoms with E-state index in [9.17, 15) is 9.18 Å². The fraction of sp³-hybridized carbons (Fsp3) is 0.588. The van der Waals surface area contributed by atoms with Crippen LogP contribution in [0.25, 0.3) is 0 Å². The Morgan fingerprint density at radius 2 is 1.90 bits per heavy atom. The second kappa shape index (κ2) is 6.87. The number of rotatable bonds is 4. The highest BCUT2D eigenvalue weighted by Crippen LogP contribution is 2.30. The molecule has 1 fully saturated rings. The van der Waals surface area contributed by atoms with E-state index in [0.29, 0.717) is 12.5 Å². The molecular formula is C17H24FNO. The van der Waals surface area contributed by atoms with Crippen molar-refractivity contribution in [3.63, 3.8) is 0 Å². The Morgan fingerprint density at radius 1 is 1.25 bits per heavy atom. The molecular weight excluding hydrogens is 253 g/mol. The Kier molecular flexibility index (Phi) is 5.16. The van der Waals surface area contributed by atoms with Crippen molar-refractivity contribution in [1.82, 2.24) is 5.32 Å². The SMILES string of the molecule is CCC1CCC(CNC(=O)c2cc(C)ccc2F)CC1. The number of hydrogen-bond donors (Lipinski definition) is 1. The molecule has 0 aromatic heterocycles. The van der Waals surface area contributed by atoms with Crippen LogP contribution in [0.1, 0.15) is 54.9 Å². The molecule has 2 rings (SSSR count). The van der Waals surface area contributed by atoms with E-state index in [2.05, 4.69) is 12.2 Å². The highest BCUT2D eigenvalue weighted by Gasteiger charge is 2.21. The predicted molar refractivity (Wildman–Crippen MR) is 79.2 cm³/mol. The minimum absolute atomic E-state index is 0.159. The van der Waals surface area contributed by atoms with Gasteiger partial charge >= 0.3 is 0 Å². The third-order valence-electron chi connectivity index (χ3n) is 4.46. The van der Waals surface area contributed by atoms with E-state index in [0.717, 1.165) is 11.5 Å². The standard InChI is InChI=1S/C17H24FNO/c1-3-13-5-7-14(8-6-13)11-19-17(20)15-10-12(2)4-9-16(15)18/h4,9-10,13-14H,3,5-8,11H2,1-2H3,(H,19,20). The molecule has 3 heteroatoms. The lowest BCUT2D eigenvalue weighted by Crippen LogP contribution is -2.31. The van der Waals surface area contributed by atoms with Gasteiger partial charge in [0, 0.05) is 6.54 Å². The number of amides is 1. The van der Waals surface area contributed by atoms with Gasteiger partial charge in [-0.15, -0.1) is 0 Å². The summed E-state index contributed by atoms with van der Waals surface area (Å²) < 4.78 is 13.6. The number of halogens is 1. The molecule has 1 aromatic rings. The van der Waals surface area contributed by atoms with Crippen molar-refractivity contribution in [3.8, 4) is 0 Å². The maximum absolute atomic E-state index is 13.6. The van der Waals surface area contributed by atoms with Crippen molar-refractivity contribution in [2.75, 3.05) is 6.54 Å². The highest BCUT2D eigenvalue weighted by molar-refractivity contribution is 5.94. The van der Waals surface area contributed by atoms with Crippen molar-refractivity contribution in [3.05, 3.63) is 35.1 Å².